The lowest BCUT2D eigenvalue weighted by atomic mass is 10.1. The van der Waals surface area contributed by atoms with Gasteiger partial charge in [0, 0.05) is 18.1 Å². The second-order valence-electron chi connectivity index (χ2n) is 6.78. The minimum atomic E-state index is -0.312. The molecule has 0 atom stereocenters. The van der Waals surface area contributed by atoms with Crippen LogP contribution in [0.3, 0.4) is 0 Å². The van der Waals surface area contributed by atoms with Gasteiger partial charge in [-0.1, -0.05) is 6.42 Å². The van der Waals surface area contributed by atoms with Crippen molar-refractivity contribution >= 4 is 17.0 Å². The zero-order valence-electron chi connectivity index (χ0n) is 15.8. The van der Waals surface area contributed by atoms with E-state index in [4.69, 9.17) is 9.47 Å². The zero-order valence-corrected chi connectivity index (χ0v) is 15.8. The molecule has 1 N–H and O–H groups in total. The molecule has 0 amide bonds. The van der Waals surface area contributed by atoms with Crippen molar-refractivity contribution in [2.24, 2.45) is 0 Å². The molecule has 1 aliphatic heterocycles. The molecule has 0 bridgehead atoms. The Morgan fingerprint density at radius 3 is 2.77 bits per heavy atom. The summed E-state index contributed by atoms with van der Waals surface area (Å²) in [6.45, 7) is 4.31. The second-order valence-corrected chi connectivity index (χ2v) is 6.78. The van der Waals surface area contributed by atoms with E-state index >= 15 is 0 Å². The fourth-order valence-electron chi connectivity index (χ4n) is 3.53. The fourth-order valence-corrected chi connectivity index (χ4v) is 3.53. The third-order valence-electron chi connectivity index (χ3n) is 5.02. The van der Waals surface area contributed by atoms with Crippen LogP contribution >= 0.6 is 0 Å². The van der Waals surface area contributed by atoms with Gasteiger partial charge < -0.3 is 14.8 Å². The number of hydrogen-bond acceptors (Lipinski definition) is 5. The fraction of sp³-hybridized carbons (Fsp3) is 0.550. The molecule has 1 aliphatic rings. The van der Waals surface area contributed by atoms with Crippen LogP contribution in [-0.4, -0.2) is 62.5 Å². The molecule has 2 aromatic rings. The van der Waals surface area contributed by atoms with Gasteiger partial charge in [0.25, 0.3) is 0 Å². The summed E-state index contributed by atoms with van der Waals surface area (Å²) in [4.78, 5) is 15.0. The summed E-state index contributed by atoms with van der Waals surface area (Å²) < 4.78 is 12.5. The number of nitrogens with zero attached hydrogens (tertiary/aromatic N) is 2. The Morgan fingerprint density at radius 1 is 1.23 bits per heavy atom. The average molecular weight is 359 g/mol. The lowest BCUT2D eigenvalue weighted by Gasteiger charge is -2.25. The predicted octanol–water partition coefficient (Wildman–Crippen LogP) is 2.88. The first kappa shape index (κ1) is 18.7. The van der Waals surface area contributed by atoms with Crippen molar-refractivity contribution < 1.29 is 14.3 Å². The van der Waals surface area contributed by atoms with E-state index in [1.807, 2.05) is 31.4 Å². The number of likely N-dealkylation sites (tertiary alicyclic amines) is 1. The topological polar surface area (TPSA) is 55.7 Å². The molecule has 0 saturated carbocycles. The van der Waals surface area contributed by atoms with Crippen LogP contribution in [0.25, 0.3) is 10.9 Å². The zero-order chi connectivity index (χ0) is 18.4. The van der Waals surface area contributed by atoms with Crippen molar-refractivity contribution in [3.8, 4) is 5.75 Å². The molecule has 2 heterocycles. The van der Waals surface area contributed by atoms with Crippen LogP contribution in [0, 0.1) is 0 Å². The van der Waals surface area contributed by atoms with Crippen LogP contribution in [0.4, 0.5) is 4.79 Å². The molecule has 1 aromatic heterocycles. The number of ether oxygens (including phenoxy) is 2. The predicted molar refractivity (Wildman–Crippen MR) is 103 cm³/mol. The highest BCUT2D eigenvalue weighted by atomic mass is 16.5. The molecule has 3 rings (SSSR count). The number of piperidine rings is 1. The first-order valence-corrected chi connectivity index (χ1v) is 9.45. The number of rotatable bonds is 7. The number of fused-ring (bicyclic) bond motifs is 1. The summed E-state index contributed by atoms with van der Waals surface area (Å²) in [5, 5.41) is 4.19. The number of carbonyl (C=O) groups excluding carboxylic acids is 1. The molecule has 142 valence electrons. The van der Waals surface area contributed by atoms with E-state index < -0.39 is 0 Å². The number of methoxy groups -OCH3 is 1. The molecule has 1 fully saturated rings. The smallest absolute Gasteiger partial charge is 0.418 e. The number of benzene rings is 1. The molecule has 0 unspecified atom stereocenters. The van der Waals surface area contributed by atoms with Gasteiger partial charge in [-0.25, -0.2) is 4.79 Å². The molecule has 0 radical (unpaired) electrons. The third-order valence-corrected chi connectivity index (χ3v) is 5.02. The van der Waals surface area contributed by atoms with E-state index in [0.29, 0.717) is 6.61 Å². The van der Waals surface area contributed by atoms with Crippen LogP contribution in [0.5, 0.6) is 5.75 Å². The van der Waals surface area contributed by atoms with Gasteiger partial charge in [0.1, 0.15) is 12.4 Å². The van der Waals surface area contributed by atoms with E-state index in [0.717, 1.165) is 54.8 Å². The van der Waals surface area contributed by atoms with E-state index in [1.165, 1.54) is 19.3 Å². The molecule has 1 aromatic carbocycles. The maximum atomic E-state index is 12.6. The third kappa shape index (κ3) is 4.37. The highest BCUT2D eigenvalue weighted by molar-refractivity contribution is 5.92. The Bertz CT molecular complexity index is 735. The van der Waals surface area contributed by atoms with Crippen molar-refractivity contribution in [1.82, 2.24) is 14.8 Å². The Hall–Kier alpha value is -2.05. The average Bonchev–Trinajstić information content (AvgIpc) is 3.05. The van der Waals surface area contributed by atoms with E-state index in [9.17, 15) is 4.79 Å². The maximum absolute atomic E-state index is 12.6. The summed E-state index contributed by atoms with van der Waals surface area (Å²) >= 11 is 0. The molecular weight excluding hydrogens is 330 g/mol. The van der Waals surface area contributed by atoms with E-state index in [1.54, 1.807) is 11.7 Å². The number of hydrogen-bond donors (Lipinski definition) is 1. The highest BCUT2D eigenvalue weighted by Crippen LogP contribution is 2.26. The number of nitrogens with one attached hydrogen (secondary N) is 1. The molecule has 0 spiro atoms. The van der Waals surface area contributed by atoms with Gasteiger partial charge in [-0.3, -0.25) is 9.47 Å². The normalized spacial score (nSPS) is 15.3. The molecule has 6 nitrogen and oxygen atoms in total. The lowest BCUT2D eigenvalue weighted by molar-refractivity contribution is 0.122. The summed E-state index contributed by atoms with van der Waals surface area (Å²) in [7, 11) is 3.58. The molecule has 26 heavy (non-hydrogen) atoms. The van der Waals surface area contributed by atoms with Gasteiger partial charge in [-0.15, -0.1) is 0 Å². The van der Waals surface area contributed by atoms with Crippen LogP contribution in [0.2, 0.25) is 0 Å². The Morgan fingerprint density at radius 2 is 2.04 bits per heavy atom. The number of aromatic nitrogens is 1. The van der Waals surface area contributed by atoms with Crippen LogP contribution in [-0.2, 0) is 11.2 Å². The first-order valence-electron chi connectivity index (χ1n) is 9.45. The number of likely N-dealkylation sites (N-methyl/N-ethyl adjacent to an activating group) is 1. The van der Waals surface area contributed by atoms with Crippen molar-refractivity contribution in [3.63, 3.8) is 0 Å². The monoisotopic (exact) mass is 359 g/mol. The summed E-state index contributed by atoms with van der Waals surface area (Å²) in [5.74, 6) is 0.791. The summed E-state index contributed by atoms with van der Waals surface area (Å²) in [6, 6.07) is 5.78. The van der Waals surface area contributed by atoms with Gasteiger partial charge in [0.15, 0.2) is 0 Å². The van der Waals surface area contributed by atoms with Gasteiger partial charge in [0.2, 0.25) is 0 Å². The van der Waals surface area contributed by atoms with Crippen LogP contribution in [0.1, 0.15) is 24.8 Å². The summed E-state index contributed by atoms with van der Waals surface area (Å²) in [6.07, 6.45) is 6.22. The highest BCUT2D eigenvalue weighted by Gasteiger charge is 2.16. The first-order chi connectivity index (χ1) is 12.7. The second kappa shape index (κ2) is 9.05. The van der Waals surface area contributed by atoms with Crippen LogP contribution in [0.15, 0.2) is 24.4 Å². The minimum absolute atomic E-state index is 0.312. The standard InChI is InChI=1S/C20H29N3O3/c1-21-9-8-16-15-23(19-7-6-17(25-2)14-18(16)19)20(24)26-13-12-22-10-4-3-5-11-22/h6-7,14-15,21H,3-5,8-13H2,1-2H3. The van der Waals surface area contributed by atoms with Crippen molar-refractivity contribution in [1.29, 1.82) is 0 Å². The summed E-state index contributed by atoms with van der Waals surface area (Å²) in [5.41, 5.74) is 1.97. The SMILES string of the molecule is CNCCc1cn(C(=O)OCCN2CCCCC2)c2ccc(OC)cc12. The Labute approximate surface area is 155 Å². The molecular formula is C20H29N3O3. The molecule has 6 heteroatoms. The van der Waals surface area contributed by atoms with Crippen molar-refractivity contribution in [3.05, 3.63) is 30.0 Å². The molecule has 0 aliphatic carbocycles. The van der Waals surface area contributed by atoms with Gasteiger partial charge in [0.05, 0.1) is 12.6 Å². The van der Waals surface area contributed by atoms with E-state index in [2.05, 4.69) is 10.2 Å². The van der Waals surface area contributed by atoms with Gasteiger partial charge >= 0.3 is 6.09 Å². The van der Waals surface area contributed by atoms with Crippen molar-refractivity contribution in [2.75, 3.05) is 46.9 Å². The number of carbonyl (C=O) groups is 1. The quantitative estimate of drug-likeness (QED) is 0.824. The van der Waals surface area contributed by atoms with E-state index in [-0.39, 0.29) is 6.09 Å². The lowest BCUT2D eigenvalue weighted by Crippen LogP contribution is -2.33. The Kier molecular flexibility index (Phi) is 6.52. The van der Waals surface area contributed by atoms with Gasteiger partial charge in [-0.05, 0) is 69.7 Å². The minimum Gasteiger partial charge on any atom is -0.497 e. The maximum Gasteiger partial charge on any atom is 0.418 e. The molecule has 1 saturated heterocycles. The van der Waals surface area contributed by atoms with Crippen LogP contribution < -0.4 is 10.1 Å². The van der Waals surface area contributed by atoms with Crippen molar-refractivity contribution in [2.45, 2.75) is 25.7 Å². The largest absolute Gasteiger partial charge is 0.497 e. The van der Waals surface area contributed by atoms with Gasteiger partial charge in [-0.2, -0.15) is 0 Å². The Balaban J connectivity index is 1.71.